The van der Waals surface area contributed by atoms with Crippen molar-refractivity contribution in [3.63, 3.8) is 0 Å². The molecular weight excluding hydrogens is 494 g/mol. The first-order valence-electron chi connectivity index (χ1n) is 10.4. The second-order valence-corrected chi connectivity index (χ2v) is 10.5. The third kappa shape index (κ3) is 6.22. The summed E-state index contributed by atoms with van der Waals surface area (Å²) in [6, 6.07) is 15.5. The number of methoxy groups -OCH3 is 1. The van der Waals surface area contributed by atoms with E-state index in [0.29, 0.717) is 18.0 Å². The molecule has 3 aromatic carbocycles. The maximum Gasteiger partial charge on any atom is 0.261 e. The molecule has 0 bridgehead atoms. The van der Waals surface area contributed by atoms with Crippen molar-refractivity contribution >= 4 is 37.3 Å². The second-order valence-electron chi connectivity index (χ2n) is 7.13. The summed E-state index contributed by atoms with van der Waals surface area (Å²) in [5, 5.41) is 2.43. The lowest BCUT2D eigenvalue weighted by Gasteiger charge is -2.13. The van der Waals surface area contributed by atoms with Gasteiger partial charge in [0.2, 0.25) is 0 Å². The maximum atomic E-state index is 12.8. The van der Waals surface area contributed by atoms with Crippen LogP contribution in [0.3, 0.4) is 0 Å². The molecule has 186 valence electrons. The Labute approximate surface area is 204 Å². The molecule has 0 unspecified atom stereocenters. The number of benzene rings is 3. The highest BCUT2D eigenvalue weighted by atomic mass is 32.2. The molecule has 1 amide bonds. The second kappa shape index (κ2) is 10.7. The molecule has 0 aliphatic heterocycles. The van der Waals surface area contributed by atoms with Crippen LogP contribution in [0.4, 0.5) is 11.4 Å². The van der Waals surface area contributed by atoms with Gasteiger partial charge in [0.05, 0.1) is 29.1 Å². The molecule has 3 N–H and O–H groups in total. The van der Waals surface area contributed by atoms with Crippen molar-refractivity contribution in [2.75, 3.05) is 30.2 Å². The lowest BCUT2D eigenvalue weighted by atomic mass is 10.2. The number of nitrogens with one attached hydrogen (secondary N) is 3. The topological polar surface area (TPSA) is 140 Å². The number of rotatable bonds is 10. The average Bonchev–Trinajstić information content (AvgIpc) is 2.84. The monoisotopic (exact) mass is 519 g/mol. The van der Waals surface area contributed by atoms with Gasteiger partial charge in [0.25, 0.3) is 26.0 Å². The summed E-state index contributed by atoms with van der Waals surface area (Å²) < 4.78 is 66.3. The van der Waals surface area contributed by atoms with Crippen molar-refractivity contribution in [1.29, 1.82) is 0 Å². The third-order valence-corrected chi connectivity index (χ3v) is 7.56. The van der Waals surface area contributed by atoms with Gasteiger partial charge in [-0.1, -0.05) is 0 Å². The molecule has 0 aliphatic rings. The van der Waals surface area contributed by atoms with Crippen LogP contribution in [0.1, 0.15) is 17.3 Å². The number of sulfonamides is 2. The van der Waals surface area contributed by atoms with Crippen molar-refractivity contribution in [2.24, 2.45) is 0 Å². The van der Waals surface area contributed by atoms with Gasteiger partial charge in [-0.3, -0.25) is 14.2 Å². The number of anilines is 2. The molecule has 3 rings (SSSR count). The molecule has 0 saturated heterocycles. The van der Waals surface area contributed by atoms with E-state index < -0.39 is 26.0 Å². The first-order valence-corrected chi connectivity index (χ1v) is 13.3. The van der Waals surface area contributed by atoms with Crippen LogP contribution in [-0.2, 0) is 20.0 Å². The van der Waals surface area contributed by atoms with Gasteiger partial charge >= 0.3 is 0 Å². The summed E-state index contributed by atoms with van der Waals surface area (Å²) >= 11 is 0. The first kappa shape index (κ1) is 25.8. The van der Waals surface area contributed by atoms with E-state index in [4.69, 9.17) is 9.47 Å². The summed E-state index contributed by atoms with van der Waals surface area (Å²) in [6.07, 6.45) is 0. The van der Waals surface area contributed by atoms with Crippen LogP contribution >= 0.6 is 0 Å². The fourth-order valence-electron chi connectivity index (χ4n) is 3.08. The standard InChI is InChI=1S/C23H25N3O7S2/c1-4-33-18-9-5-16(6-10-18)25-34(28,29)19-11-7-17(8-12-19)26-35(30,31)20-13-14-22(32-3)21(15-20)23(27)24-2/h5-15,25-26H,4H2,1-3H3,(H,24,27). The minimum absolute atomic E-state index is 0.0549. The molecule has 0 aromatic heterocycles. The van der Waals surface area contributed by atoms with E-state index in [2.05, 4.69) is 14.8 Å². The van der Waals surface area contributed by atoms with E-state index in [1.54, 1.807) is 24.3 Å². The fourth-order valence-corrected chi connectivity index (χ4v) is 5.23. The molecule has 0 atom stereocenters. The van der Waals surface area contributed by atoms with Crippen molar-refractivity contribution in [2.45, 2.75) is 16.7 Å². The smallest absolute Gasteiger partial charge is 0.261 e. The quantitative estimate of drug-likeness (QED) is 0.374. The Kier molecular flexibility index (Phi) is 7.87. The third-order valence-electron chi connectivity index (χ3n) is 4.79. The summed E-state index contributed by atoms with van der Waals surface area (Å²) in [7, 11) is -5.19. The number of ether oxygens (including phenoxy) is 2. The zero-order chi connectivity index (χ0) is 25.6. The van der Waals surface area contributed by atoms with Crippen LogP contribution in [-0.4, -0.2) is 43.5 Å². The highest BCUT2D eigenvalue weighted by molar-refractivity contribution is 7.93. The van der Waals surface area contributed by atoms with Crippen LogP contribution in [0.25, 0.3) is 0 Å². The zero-order valence-corrected chi connectivity index (χ0v) is 20.9. The first-order chi connectivity index (χ1) is 16.6. The molecule has 35 heavy (non-hydrogen) atoms. The Morgan fingerprint density at radius 3 is 1.83 bits per heavy atom. The Hall–Kier alpha value is -3.77. The fraction of sp³-hybridized carbons (Fsp3) is 0.174. The number of hydrogen-bond donors (Lipinski definition) is 3. The van der Waals surface area contributed by atoms with Crippen molar-refractivity contribution < 1.29 is 31.1 Å². The number of hydrogen-bond acceptors (Lipinski definition) is 7. The number of amides is 1. The van der Waals surface area contributed by atoms with Gasteiger partial charge in [0.1, 0.15) is 11.5 Å². The Balaban J connectivity index is 1.78. The Morgan fingerprint density at radius 2 is 1.31 bits per heavy atom. The molecule has 10 nitrogen and oxygen atoms in total. The number of carbonyl (C=O) groups is 1. The van der Waals surface area contributed by atoms with Crippen molar-refractivity contribution in [1.82, 2.24) is 5.32 Å². The summed E-state index contributed by atoms with van der Waals surface area (Å²) in [6.45, 7) is 2.34. The lowest BCUT2D eigenvalue weighted by Crippen LogP contribution is -2.20. The molecule has 0 heterocycles. The Bertz CT molecular complexity index is 1400. The van der Waals surface area contributed by atoms with Gasteiger partial charge in [0.15, 0.2) is 0 Å². The summed E-state index contributed by atoms with van der Waals surface area (Å²) in [5.41, 5.74) is 0.548. The predicted octanol–water partition coefficient (Wildman–Crippen LogP) is 3.06. The van der Waals surface area contributed by atoms with Gasteiger partial charge in [-0.25, -0.2) is 16.8 Å². The normalized spacial score (nSPS) is 11.4. The SMILES string of the molecule is CCOc1ccc(NS(=O)(=O)c2ccc(NS(=O)(=O)c3ccc(OC)c(C(=O)NC)c3)cc2)cc1. The summed E-state index contributed by atoms with van der Waals surface area (Å²) in [4.78, 5) is 11.8. The predicted molar refractivity (Wildman–Crippen MR) is 132 cm³/mol. The molecule has 0 aliphatic carbocycles. The Morgan fingerprint density at radius 1 is 0.800 bits per heavy atom. The van der Waals surface area contributed by atoms with Gasteiger partial charge in [0, 0.05) is 18.4 Å². The minimum atomic E-state index is -4.07. The molecule has 0 saturated carbocycles. The summed E-state index contributed by atoms with van der Waals surface area (Å²) in [5.74, 6) is 0.331. The highest BCUT2D eigenvalue weighted by Crippen LogP contribution is 2.25. The van der Waals surface area contributed by atoms with Crippen LogP contribution in [0.5, 0.6) is 11.5 Å². The molecular formula is C23H25N3O7S2. The maximum absolute atomic E-state index is 12.8. The highest BCUT2D eigenvalue weighted by Gasteiger charge is 2.20. The van der Waals surface area contributed by atoms with E-state index in [9.17, 15) is 21.6 Å². The molecule has 0 spiro atoms. The zero-order valence-electron chi connectivity index (χ0n) is 19.2. The van der Waals surface area contributed by atoms with Crippen molar-refractivity contribution in [3.8, 4) is 11.5 Å². The van der Waals surface area contributed by atoms with E-state index in [1.807, 2.05) is 6.92 Å². The minimum Gasteiger partial charge on any atom is -0.496 e. The van der Waals surface area contributed by atoms with Gasteiger partial charge < -0.3 is 14.8 Å². The van der Waals surface area contributed by atoms with Gasteiger partial charge in [-0.2, -0.15) is 0 Å². The van der Waals surface area contributed by atoms with E-state index >= 15 is 0 Å². The van der Waals surface area contributed by atoms with Crippen LogP contribution in [0.2, 0.25) is 0 Å². The van der Waals surface area contributed by atoms with E-state index in [0.717, 1.165) is 0 Å². The van der Waals surface area contributed by atoms with Crippen LogP contribution < -0.4 is 24.2 Å². The molecule has 3 aromatic rings. The van der Waals surface area contributed by atoms with Crippen LogP contribution in [0.15, 0.2) is 76.5 Å². The largest absolute Gasteiger partial charge is 0.496 e. The molecule has 12 heteroatoms. The van der Waals surface area contributed by atoms with E-state index in [-0.39, 0.29) is 26.8 Å². The molecule has 0 fully saturated rings. The molecule has 0 radical (unpaired) electrons. The van der Waals surface area contributed by atoms with Gasteiger partial charge in [-0.15, -0.1) is 0 Å². The van der Waals surface area contributed by atoms with Crippen LogP contribution in [0, 0.1) is 0 Å². The van der Waals surface area contributed by atoms with E-state index in [1.165, 1.54) is 56.6 Å². The van der Waals surface area contributed by atoms with Crippen molar-refractivity contribution in [3.05, 3.63) is 72.3 Å². The lowest BCUT2D eigenvalue weighted by molar-refractivity contribution is 0.0960. The number of carbonyl (C=O) groups excluding carboxylic acids is 1. The van der Waals surface area contributed by atoms with Gasteiger partial charge in [-0.05, 0) is 73.7 Å². The average molecular weight is 520 g/mol.